The number of hydrogen-bond acceptors (Lipinski definition) is 5. The fraction of sp³-hybridized carbons (Fsp3) is 0.412. The third-order valence-corrected chi connectivity index (χ3v) is 4.08. The van der Waals surface area contributed by atoms with Crippen LogP contribution >= 0.6 is 11.6 Å². The molecule has 0 aliphatic carbocycles. The second-order valence-electron chi connectivity index (χ2n) is 5.90. The van der Waals surface area contributed by atoms with Crippen molar-refractivity contribution in [3.05, 3.63) is 28.8 Å². The molecule has 1 aliphatic heterocycles. The monoisotopic (exact) mass is 399 g/mol. The number of nitrogens with zero attached hydrogens (tertiary/aromatic N) is 2. The molecule has 1 aromatic rings. The number of hydrogen-bond donors (Lipinski definition) is 3. The fourth-order valence-corrected chi connectivity index (χ4v) is 2.51. The Kier molecular flexibility index (Phi) is 8.70. The second kappa shape index (κ2) is 10.5. The topological polar surface area (TPSA) is 127 Å². The molecule has 148 valence electrons. The number of benzene rings is 1. The highest BCUT2D eigenvalue weighted by Gasteiger charge is 2.20. The third kappa shape index (κ3) is 8.06. The van der Waals surface area contributed by atoms with E-state index in [4.69, 9.17) is 31.4 Å². The van der Waals surface area contributed by atoms with Gasteiger partial charge in [0.05, 0.1) is 6.54 Å². The van der Waals surface area contributed by atoms with Gasteiger partial charge in [0.2, 0.25) is 11.8 Å². The number of carboxylic acid groups (broad SMARTS) is 2. The lowest BCUT2D eigenvalue weighted by Crippen LogP contribution is -2.49. The van der Waals surface area contributed by atoms with Crippen molar-refractivity contribution >= 4 is 41.0 Å². The summed E-state index contributed by atoms with van der Waals surface area (Å²) in [6.45, 7) is 6.64. The van der Waals surface area contributed by atoms with E-state index in [0.29, 0.717) is 24.7 Å². The van der Waals surface area contributed by atoms with E-state index in [-0.39, 0.29) is 11.8 Å². The summed E-state index contributed by atoms with van der Waals surface area (Å²) >= 11 is 5.94. The quantitative estimate of drug-likeness (QED) is 0.644. The molecular formula is C17H22ClN3O6. The van der Waals surface area contributed by atoms with Gasteiger partial charge in [-0.05, 0) is 24.6 Å². The predicted molar refractivity (Wildman–Crippen MR) is 98.8 cm³/mol. The molecule has 0 aromatic heterocycles. The first-order chi connectivity index (χ1) is 12.6. The summed E-state index contributed by atoms with van der Waals surface area (Å²) in [4.78, 5) is 45.4. The van der Waals surface area contributed by atoms with Crippen LogP contribution in [0.1, 0.15) is 12.5 Å². The largest absolute Gasteiger partial charge is 0.473 e. The zero-order valence-electron chi connectivity index (χ0n) is 15.1. The van der Waals surface area contributed by atoms with Crippen LogP contribution < -0.4 is 5.32 Å². The van der Waals surface area contributed by atoms with Crippen molar-refractivity contribution in [1.29, 1.82) is 0 Å². The Bertz CT molecular complexity index is 705. The van der Waals surface area contributed by atoms with Crippen LogP contribution in [0.4, 0.5) is 5.69 Å². The summed E-state index contributed by atoms with van der Waals surface area (Å²) in [7, 11) is 0. The smallest absolute Gasteiger partial charge is 0.414 e. The van der Waals surface area contributed by atoms with Crippen LogP contribution in [0.3, 0.4) is 0 Å². The number of aryl methyl sites for hydroxylation is 1. The van der Waals surface area contributed by atoms with E-state index in [2.05, 4.69) is 10.2 Å². The SMILES string of the molecule is CC(=O)N1CCN(CC(=O)Nc2cc(Cl)ccc2C)CC1.O=C(O)C(=O)O. The molecule has 1 saturated heterocycles. The van der Waals surface area contributed by atoms with Crippen LogP contribution in [-0.4, -0.2) is 76.5 Å². The van der Waals surface area contributed by atoms with Crippen molar-refractivity contribution in [2.45, 2.75) is 13.8 Å². The van der Waals surface area contributed by atoms with E-state index < -0.39 is 11.9 Å². The summed E-state index contributed by atoms with van der Waals surface area (Å²) in [5.41, 5.74) is 1.73. The van der Waals surface area contributed by atoms with Crippen LogP contribution in [0.2, 0.25) is 5.02 Å². The maximum absolute atomic E-state index is 12.1. The molecule has 0 radical (unpaired) electrons. The minimum absolute atomic E-state index is 0.0587. The molecule has 10 heteroatoms. The number of piperazine rings is 1. The molecule has 9 nitrogen and oxygen atoms in total. The molecule has 0 bridgehead atoms. The van der Waals surface area contributed by atoms with Crippen molar-refractivity contribution in [2.75, 3.05) is 38.0 Å². The minimum Gasteiger partial charge on any atom is -0.473 e. The molecule has 1 fully saturated rings. The lowest BCUT2D eigenvalue weighted by atomic mass is 10.2. The van der Waals surface area contributed by atoms with Crippen LogP contribution in [0, 0.1) is 6.92 Å². The molecule has 1 aromatic carbocycles. The van der Waals surface area contributed by atoms with E-state index in [1.165, 1.54) is 0 Å². The number of carboxylic acids is 2. The Morgan fingerprint density at radius 2 is 1.63 bits per heavy atom. The first-order valence-electron chi connectivity index (χ1n) is 8.10. The van der Waals surface area contributed by atoms with Gasteiger partial charge in [-0.25, -0.2) is 9.59 Å². The van der Waals surface area contributed by atoms with E-state index in [9.17, 15) is 9.59 Å². The molecule has 27 heavy (non-hydrogen) atoms. The molecule has 1 heterocycles. The van der Waals surface area contributed by atoms with Gasteiger partial charge in [-0.15, -0.1) is 0 Å². The van der Waals surface area contributed by atoms with Crippen molar-refractivity contribution in [1.82, 2.24) is 9.80 Å². The van der Waals surface area contributed by atoms with Crippen LogP contribution in [0.5, 0.6) is 0 Å². The molecule has 0 unspecified atom stereocenters. The lowest BCUT2D eigenvalue weighted by molar-refractivity contribution is -0.159. The van der Waals surface area contributed by atoms with Gasteiger partial charge in [-0.1, -0.05) is 17.7 Å². The maximum Gasteiger partial charge on any atom is 0.414 e. The van der Waals surface area contributed by atoms with Gasteiger partial charge in [0.25, 0.3) is 0 Å². The number of anilines is 1. The molecule has 2 amide bonds. The van der Waals surface area contributed by atoms with E-state index in [0.717, 1.165) is 24.3 Å². The first kappa shape index (κ1) is 22.4. The third-order valence-electron chi connectivity index (χ3n) is 3.84. The summed E-state index contributed by atoms with van der Waals surface area (Å²) in [6.07, 6.45) is 0. The van der Waals surface area contributed by atoms with Gasteiger partial charge in [0, 0.05) is 43.8 Å². The highest BCUT2D eigenvalue weighted by atomic mass is 35.5. The zero-order chi connectivity index (χ0) is 20.6. The number of amides is 2. The van der Waals surface area contributed by atoms with Crippen molar-refractivity contribution < 1.29 is 29.4 Å². The van der Waals surface area contributed by atoms with Gasteiger partial charge >= 0.3 is 11.9 Å². The normalized spacial score (nSPS) is 14.0. The van der Waals surface area contributed by atoms with Crippen molar-refractivity contribution in [3.63, 3.8) is 0 Å². The summed E-state index contributed by atoms with van der Waals surface area (Å²) in [5, 5.41) is 18.3. The first-order valence-corrected chi connectivity index (χ1v) is 8.48. The number of aliphatic carboxylic acids is 2. The fourth-order valence-electron chi connectivity index (χ4n) is 2.34. The average molecular weight is 400 g/mol. The van der Waals surface area contributed by atoms with Crippen molar-refractivity contribution in [2.24, 2.45) is 0 Å². The minimum atomic E-state index is -1.82. The summed E-state index contributed by atoms with van der Waals surface area (Å²) in [6, 6.07) is 5.43. The molecule has 0 saturated carbocycles. The van der Waals surface area contributed by atoms with E-state index in [1.54, 1.807) is 24.0 Å². The van der Waals surface area contributed by atoms with E-state index in [1.807, 2.05) is 13.0 Å². The van der Waals surface area contributed by atoms with E-state index >= 15 is 0 Å². The Morgan fingerprint density at radius 1 is 1.07 bits per heavy atom. The number of halogens is 1. The number of nitrogens with one attached hydrogen (secondary N) is 1. The van der Waals surface area contributed by atoms with Crippen LogP contribution in [-0.2, 0) is 19.2 Å². The van der Waals surface area contributed by atoms with Gasteiger partial charge in [-0.3, -0.25) is 14.5 Å². The maximum atomic E-state index is 12.1. The average Bonchev–Trinajstić information content (AvgIpc) is 2.59. The number of carbonyl (C=O) groups is 4. The summed E-state index contributed by atoms with van der Waals surface area (Å²) < 4.78 is 0. The number of carbonyl (C=O) groups excluding carboxylic acids is 2. The number of rotatable bonds is 3. The summed E-state index contributed by atoms with van der Waals surface area (Å²) in [5.74, 6) is -3.62. The predicted octanol–water partition coefficient (Wildman–Crippen LogP) is 0.907. The molecule has 0 atom stereocenters. The highest BCUT2D eigenvalue weighted by molar-refractivity contribution is 6.31. The lowest BCUT2D eigenvalue weighted by Gasteiger charge is -2.33. The Morgan fingerprint density at radius 3 is 2.11 bits per heavy atom. The Labute approximate surface area is 161 Å². The zero-order valence-corrected chi connectivity index (χ0v) is 15.8. The molecular weight excluding hydrogens is 378 g/mol. The Hall–Kier alpha value is -2.65. The second-order valence-corrected chi connectivity index (χ2v) is 6.34. The van der Waals surface area contributed by atoms with Gasteiger partial charge in [0.1, 0.15) is 0 Å². The van der Waals surface area contributed by atoms with Gasteiger partial charge in [-0.2, -0.15) is 0 Å². The van der Waals surface area contributed by atoms with Crippen LogP contribution in [0.15, 0.2) is 18.2 Å². The molecule has 2 rings (SSSR count). The van der Waals surface area contributed by atoms with Crippen molar-refractivity contribution in [3.8, 4) is 0 Å². The molecule has 1 aliphatic rings. The van der Waals surface area contributed by atoms with Crippen LogP contribution in [0.25, 0.3) is 0 Å². The highest BCUT2D eigenvalue weighted by Crippen LogP contribution is 2.20. The van der Waals surface area contributed by atoms with Gasteiger partial charge in [0.15, 0.2) is 0 Å². The molecule has 0 spiro atoms. The Balaban J connectivity index is 0.000000527. The molecule has 3 N–H and O–H groups in total. The van der Waals surface area contributed by atoms with Gasteiger partial charge < -0.3 is 20.4 Å². The standard InChI is InChI=1S/C15H20ClN3O2.C2H2O4/c1-11-3-4-13(16)9-14(11)17-15(21)10-18-5-7-19(8-6-18)12(2)20;3-1(4)2(5)6/h3-4,9H,5-8,10H2,1-2H3,(H,17,21);(H,3,4)(H,5,6).